The van der Waals surface area contributed by atoms with Crippen LogP contribution in [0.4, 0.5) is 11.6 Å². The summed E-state index contributed by atoms with van der Waals surface area (Å²) in [5.41, 5.74) is 1.15. The van der Waals surface area contributed by atoms with E-state index >= 15 is 0 Å². The van der Waals surface area contributed by atoms with Crippen molar-refractivity contribution in [1.82, 2.24) is 20.2 Å². The Hall–Kier alpha value is -2.10. The molecule has 2 fully saturated rings. The second kappa shape index (κ2) is 12.8. The molecule has 7 nitrogen and oxygen atoms in total. The van der Waals surface area contributed by atoms with E-state index in [0.29, 0.717) is 6.54 Å². The summed E-state index contributed by atoms with van der Waals surface area (Å²) in [6.45, 7) is 9.67. The molecule has 0 atom stereocenters. The highest BCUT2D eigenvalue weighted by Crippen LogP contribution is 2.18. The average molecular weight is 550 g/mol. The summed E-state index contributed by atoms with van der Waals surface area (Å²) in [5.74, 6) is 3.15. The van der Waals surface area contributed by atoms with Gasteiger partial charge in [-0.3, -0.25) is 0 Å². The zero-order chi connectivity index (χ0) is 21.3. The Bertz CT molecular complexity index is 812. The lowest BCUT2D eigenvalue weighted by molar-refractivity contribution is 0.371. The summed E-state index contributed by atoms with van der Waals surface area (Å²) in [7, 11) is 0. The van der Waals surface area contributed by atoms with Crippen LogP contribution in [0, 0.1) is 0 Å². The van der Waals surface area contributed by atoms with E-state index in [1.807, 2.05) is 24.5 Å². The van der Waals surface area contributed by atoms with Crippen molar-refractivity contribution in [3.8, 4) is 0 Å². The Balaban J connectivity index is 0.00000289. The van der Waals surface area contributed by atoms with Gasteiger partial charge in [-0.15, -0.1) is 24.0 Å². The third kappa shape index (κ3) is 6.70. The van der Waals surface area contributed by atoms with Crippen LogP contribution in [0.25, 0.3) is 0 Å². The van der Waals surface area contributed by atoms with Gasteiger partial charge in [-0.25, -0.2) is 15.0 Å². The first-order chi connectivity index (χ1) is 15.3. The summed E-state index contributed by atoms with van der Waals surface area (Å²) >= 11 is 0. The van der Waals surface area contributed by atoms with Crippen molar-refractivity contribution in [1.29, 1.82) is 0 Å². The highest BCUT2D eigenvalue weighted by Gasteiger charge is 2.20. The van der Waals surface area contributed by atoms with Gasteiger partial charge >= 0.3 is 0 Å². The van der Waals surface area contributed by atoms with Crippen LogP contribution >= 0.6 is 24.0 Å². The maximum absolute atomic E-state index is 4.91. The van der Waals surface area contributed by atoms with Crippen LogP contribution in [0.15, 0.2) is 47.7 Å². The second-order valence-electron chi connectivity index (χ2n) is 8.26. The number of piperazine rings is 1. The summed E-state index contributed by atoms with van der Waals surface area (Å²) in [6.07, 6.45) is 9.08. The van der Waals surface area contributed by atoms with E-state index in [9.17, 15) is 0 Å². The van der Waals surface area contributed by atoms with Gasteiger partial charge in [-0.1, -0.05) is 25.0 Å². The smallest absolute Gasteiger partial charge is 0.194 e. The fourth-order valence-corrected chi connectivity index (χ4v) is 4.28. The Morgan fingerprint density at radius 2 is 1.59 bits per heavy atom. The van der Waals surface area contributed by atoms with E-state index in [1.54, 1.807) is 0 Å². The maximum atomic E-state index is 4.91. The van der Waals surface area contributed by atoms with E-state index in [-0.39, 0.29) is 24.0 Å². The number of rotatable bonds is 5. The molecule has 4 heterocycles. The lowest BCUT2D eigenvalue weighted by Gasteiger charge is -2.37. The van der Waals surface area contributed by atoms with Gasteiger partial charge in [0.1, 0.15) is 11.6 Å². The number of guanidine groups is 1. The predicted octanol–water partition coefficient (Wildman–Crippen LogP) is 3.76. The van der Waals surface area contributed by atoms with E-state index in [2.05, 4.69) is 50.1 Å². The number of pyridine rings is 2. The summed E-state index contributed by atoms with van der Waals surface area (Å²) in [4.78, 5) is 21.2. The standard InChI is InChI=1S/C24H35N7.HI/c1-2-25-24(31-17-15-30(16-18-31)22-9-5-6-12-26-22)28-20-21-10-11-23(27-19-21)29-13-7-3-4-8-14-29;/h5-6,9-12,19H,2-4,7-8,13-18,20H2,1H3,(H,25,28);1H. The van der Waals surface area contributed by atoms with Crippen LogP contribution in [-0.2, 0) is 6.54 Å². The van der Waals surface area contributed by atoms with E-state index in [0.717, 1.165) is 69.0 Å². The fraction of sp³-hybridized carbons (Fsp3) is 0.542. The molecule has 0 spiro atoms. The Morgan fingerprint density at radius 3 is 2.22 bits per heavy atom. The van der Waals surface area contributed by atoms with Crippen molar-refractivity contribution in [2.24, 2.45) is 4.99 Å². The molecule has 1 N–H and O–H groups in total. The molecule has 4 rings (SSSR count). The van der Waals surface area contributed by atoms with Gasteiger partial charge in [0.15, 0.2) is 5.96 Å². The molecule has 2 aliphatic heterocycles. The van der Waals surface area contributed by atoms with Gasteiger partial charge in [-0.2, -0.15) is 0 Å². The van der Waals surface area contributed by atoms with E-state index < -0.39 is 0 Å². The molecule has 2 aromatic rings. The number of nitrogens with one attached hydrogen (secondary N) is 1. The zero-order valence-corrected chi connectivity index (χ0v) is 21.4. The quantitative estimate of drug-likeness (QED) is 0.348. The highest BCUT2D eigenvalue weighted by molar-refractivity contribution is 14.0. The van der Waals surface area contributed by atoms with Crippen LogP contribution < -0.4 is 15.1 Å². The maximum Gasteiger partial charge on any atom is 0.194 e. The van der Waals surface area contributed by atoms with Crippen LogP contribution in [0.2, 0.25) is 0 Å². The van der Waals surface area contributed by atoms with Gasteiger partial charge < -0.3 is 20.0 Å². The molecular formula is C24H36IN7. The molecule has 0 aliphatic carbocycles. The van der Waals surface area contributed by atoms with Crippen molar-refractivity contribution in [2.75, 3.05) is 55.6 Å². The molecule has 0 aromatic carbocycles. The SMILES string of the molecule is CCNC(=NCc1ccc(N2CCCCCC2)nc1)N1CCN(c2ccccn2)CC1.I. The molecule has 0 unspecified atom stereocenters. The summed E-state index contributed by atoms with van der Waals surface area (Å²) in [6, 6.07) is 10.4. The Labute approximate surface area is 209 Å². The van der Waals surface area contributed by atoms with E-state index in [1.165, 1.54) is 25.7 Å². The van der Waals surface area contributed by atoms with Crippen LogP contribution in [0.3, 0.4) is 0 Å². The molecule has 32 heavy (non-hydrogen) atoms. The van der Waals surface area contributed by atoms with Crippen LogP contribution in [0.5, 0.6) is 0 Å². The predicted molar refractivity (Wildman–Crippen MR) is 143 cm³/mol. The number of nitrogens with zero attached hydrogens (tertiary/aromatic N) is 6. The molecule has 0 amide bonds. The number of hydrogen-bond donors (Lipinski definition) is 1. The van der Waals surface area contributed by atoms with Crippen molar-refractivity contribution in [2.45, 2.75) is 39.2 Å². The van der Waals surface area contributed by atoms with E-state index in [4.69, 9.17) is 9.98 Å². The largest absolute Gasteiger partial charge is 0.357 e. The second-order valence-corrected chi connectivity index (χ2v) is 8.26. The monoisotopic (exact) mass is 549 g/mol. The van der Waals surface area contributed by atoms with Gasteiger partial charge in [0, 0.05) is 58.2 Å². The molecular weight excluding hydrogens is 513 g/mol. The van der Waals surface area contributed by atoms with Crippen molar-refractivity contribution >= 4 is 41.6 Å². The molecule has 0 saturated carbocycles. The number of hydrogen-bond acceptors (Lipinski definition) is 5. The normalized spacial score (nSPS) is 17.5. The molecule has 0 radical (unpaired) electrons. The topological polar surface area (TPSA) is 59.9 Å². The highest BCUT2D eigenvalue weighted by atomic mass is 127. The lowest BCUT2D eigenvalue weighted by atomic mass is 10.2. The fourth-order valence-electron chi connectivity index (χ4n) is 4.28. The molecule has 2 aliphatic rings. The average Bonchev–Trinajstić information content (AvgIpc) is 3.13. The first kappa shape index (κ1) is 24.5. The third-order valence-corrected chi connectivity index (χ3v) is 6.04. The molecule has 174 valence electrons. The van der Waals surface area contributed by atoms with Crippen LogP contribution in [0.1, 0.15) is 38.2 Å². The Kier molecular flexibility index (Phi) is 9.83. The zero-order valence-electron chi connectivity index (χ0n) is 19.1. The van der Waals surface area contributed by atoms with Crippen molar-refractivity contribution in [3.05, 3.63) is 48.3 Å². The number of anilines is 2. The summed E-state index contributed by atoms with van der Waals surface area (Å²) < 4.78 is 0. The van der Waals surface area contributed by atoms with Gasteiger partial charge in [0.2, 0.25) is 0 Å². The number of aliphatic imine (C=N–C) groups is 1. The van der Waals surface area contributed by atoms with Gasteiger partial charge in [0.25, 0.3) is 0 Å². The first-order valence-electron chi connectivity index (χ1n) is 11.7. The minimum Gasteiger partial charge on any atom is -0.357 e. The lowest BCUT2D eigenvalue weighted by Crippen LogP contribution is -2.52. The minimum atomic E-state index is 0. The minimum absolute atomic E-state index is 0. The molecule has 2 aromatic heterocycles. The van der Waals surface area contributed by atoms with Crippen molar-refractivity contribution < 1.29 is 0 Å². The van der Waals surface area contributed by atoms with Gasteiger partial charge in [0.05, 0.1) is 6.54 Å². The first-order valence-corrected chi connectivity index (χ1v) is 11.7. The van der Waals surface area contributed by atoms with Crippen molar-refractivity contribution in [3.63, 3.8) is 0 Å². The Morgan fingerprint density at radius 1 is 0.875 bits per heavy atom. The molecule has 2 saturated heterocycles. The van der Waals surface area contributed by atoms with Crippen LogP contribution in [-0.4, -0.2) is 66.6 Å². The third-order valence-electron chi connectivity index (χ3n) is 6.04. The number of aromatic nitrogens is 2. The number of halogens is 1. The summed E-state index contributed by atoms with van der Waals surface area (Å²) in [5, 5.41) is 3.46. The molecule has 8 heteroatoms. The van der Waals surface area contributed by atoms with Gasteiger partial charge in [-0.05, 0) is 43.5 Å². The molecule has 0 bridgehead atoms.